The number of primary amides is 1. The van der Waals surface area contributed by atoms with Gasteiger partial charge in [0.15, 0.2) is 0 Å². The van der Waals surface area contributed by atoms with Gasteiger partial charge in [-0.3, -0.25) is 9.69 Å². The second-order valence-electron chi connectivity index (χ2n) is 4.01. The molecule has 0 aliphatic carbocycles. The lowest BCUT2D eigenvalue weighted by Crippen LogP contribution is -2.30. The first-order valence-electron chi connectivity index (χ1n) is 5.45. The molecule has 1 amide bonds. The lowest BCUT2D eigenvalue weighted by molar-refractivity contribution is -0.131. The number of hydrogen-bond donors (Lipinski definition) is 2. The maximum atomic E-state index is 10.8. The van der Waals surface area contributed by atoms with Crippen molar-refractivity contribution in [1.82, 2.24) is 4.90 Å². The van der Waals surface area contributed by atoms with E-state index in [1.54, 1.807) is 11.9 Å². The summed E-state index contributed by atoms with van der Waals surface area (Å²) in [5.41, 5.74) is 6.87. The number of nitrogens with two attached hydrogens (primary N) is 1. The fourth-order valence-corrected chi connectivity index (χ4v) is 1.61. The highest BCUT2D eigenvalue weighted by molar-refractivity contribution is 5.85. The lowest BCUT2D eigenvalue weighted by atomic mass is 10.1. The first-order chi connectivity index (χ1) is 8.49. The van der Waals surface area contributed by atoms with Crippen LogP contribution in [-0.4, -0.2) is 35.5 Å². The van der Waals surface area contributed by atoms with Crippen molar-refractivity contribution in [1.29, 1.82) is 0 Å². The third-order valence-corrected chi connectivity index (χ3v) is 2.33. The number of carboxylic acid groups (broad SMARTS) is 1. The molecule has 0 atom stereocenters. The third-order valence-electron chi connectivity index (χ3n) is 2.33. The van der Waals surface area contributed by atoms with Gasteiger partial charge in [0.25, 0.3) is 0 Å². The average Bonchev–Trinajstić information content (AvgIpc) is 2.26. The first kappa shape index (κ1) is 13.9. The molecule has 0 aromatic heterocycles. The van der Waals surface area contributed by atoms with Crippen LogP contribution in [0, 0.1) is 0 Å². The number of hydrogen-bond acceptors (Lipinski definition) is 3. The normalized spacial score (nSPS) is 11.0. The van der Waals surface area contributed by atoms with Crippen LogP contribution < -0.4 is 5.73 Å². The summed E-state index contributed by atoms with van der Waals surface area (Å²) in [5.74, 6) is -1.38. The number of nitrogens with zero attached hydrogens (tertiary/aromatic N) is 1. The van der Waals surface area contributed by atoms with Crippen LogP contribution in [-0.2, 0) is 16.1 Å². The summed E-state index contributed by atoms with van der Waals surface area (Å²) in [5, 5.41) is 8.61. The number of carbonyl (C=O) groups excluding carboxylic acids is 1. The summed E-state index contributed by atoms with van der Waals surface area (Å²) in [7, 11) is 1.78. The predicted molar refractivity (Wildman–Crippen MR) is 68.6 cm³/mol. The molecule has 0 heterocycles. The summed E-state index contributed by atoms with van der Waals surface area (Å²) < 4.78 is 0. The lowest BCUT2D eigenvalue weighted by Gasteiger charge is -2.16. The monoisotopic (exact) mass is 248 g/mol. The van der Waals surface area contributed by atoms with Crippen molar-refractivity contribution in [3.8, 4) is 0 Å². The highest BCUT2D eigenvalue weighted by atomic mass is 16.4. The maximum absolute atomic E-state index is 10.8. The van der Waals surface area contributed by atoms with Crippen LogP contribution in [0.25, 0.3) is 6.08 Å². The minimum Gasteiger partial charge on any atom is -0.478 e. The Balaban J connectivity index is 2.82. The van der Waals surface area contributed by atoms with E-state index < -0.39 is 11.9 Å². The first-order valence-corrected chi connectivity index (χ1v) is 5.45. The van der Waals surface area contributed by atoms with Crippen molar-refractivity contribution in [2.24, 2.45) is 5.73 Å². The number of amides is 1. The molecule has 3 N–H and O–H groups in total. The number of likely N-dealkylation sites (N-methyl/N-ethyl adjacent to an activating group) is 1. The molecule has 0 fully saturated rings. The topological polar surface area (TPSA) is 83.6 Å². The highest BCUT2D eigenvalue weighted by Crippen LogP contribution is 2.12. The Morgan fingerprint density at radius 2 is 2.06 bits per heavy atom. The second kappa shape index (κ2) is 6.56. The van der Waals surface area contributed by atoms with E-state index in [1.165, 1.54) is 6.08 Å². The smallest absolute Gasteiger partial charge is 0.328 e. The molecule has 0 saturated carbocycles. The molecular weight excluding hydrogens is 232 g/mol. The van der Waals surface area contributed by atoms with E-state index in [-0.39, 0.29) is 6.54 Å². The van der Waals surface area contributed by atoms with Gasteiger partial charge in [-0.25, -0.2) is 4.79 Å². The molecule has 18 heavy (non-hydrogen) atoms. The second-order valence-corrected chi connectivity index (χ2v) is 4.01. The Morgan fingerprint density at radius 1 is 1.39 bits per heavy atom. The van der Waals surface area contributed by atoms with Gasteiger partial charge in [0.2, 0.25) is 5.91 Å². The van der Waals surface area contributed by atoms with Crippen molar-refractivity contribution in [2.75, 3.05) is 13.6 Å². The molecule has 5 nitrogen and oxygen atoms in total. The van der Waals surface area contributed by atoms with Gasteiger partial charge >= 0.3 is 5.97 Å². The largest absolute Gasteiger partial charge is 0.478 e. The Kier molecular flexibility index (Phi) is 5.07. The average molecular weight is 248 g/mol. The maximum Gasteiger partial charge on any atom is 0.328 e. The van der Waals surface area contributed by atoms with Crippen LogP contribution in [0.3, 0.4) is 0 Å². The molecule has 0 aliphatic heterocycles. The fraction of sp³-hybridized carbons (Fsp3) is 0.231. The van der Waals surface area contributed by atoms with Crippen LogP contribution in [0.2, 0.25) is 0 Å². The van der Waals surface area contributed by atoms with Crippen LogP contribution in [0.4, 0.5) is 0 Å². The number of benzene rings is 1. The van der Waals surface area contributed by atoms with Gasteiger partial charge in [-0.15, -0.1) is 0 Å². The minimum absolute atomic E-state index is 0.164. The van der Waals surface area contributed by atoms with Crippen molar-refractivity contribution in [2.45, 2.75) is 6.54 Å². The molecule has 1 aromatic carbocycles. The molecule has 0 spiro atoms. The third kappa shape index (κ3) is 4.80. The van der Waals surface area contributed by atoms with Gasteiger partial charge in [-0.05, 0) is 24.3 Å². The molecule has 5 heteroatoms. The number of carbonyl (C=O) groups is 2. The minimum atomic E-state index is -0.990. The Labute approximate surface area is 106 Å². The van der Waals surface area contributed by atoms with Gasteiger partial charge in [-0.2, -0.15) is 0 Å². The molecule has 1 aromatic rings. The molecule has 0 saturated heterocycles. The Morgan fingerprint density at radius 3 is 2.67 bits per heavy atom. The van der Waals surface area contributed by atoms with Crippen molar-refractivity contribution < 1.29 is 14.7 Å². The molecule has 0 radical (unpaired) electrons. The fourth-order valence-electron chi connectivity index (χ4n) is 1.61. The van der Waals surface area contributed by atoms with Crippen molar-refractivity contribution >= 4 is 18.0 Å². The van der Waals surface area contributed by atoms with Crippen LogP contribution in [0.5, 0.6) is 0 Å². The SMILES string of the molecule is CN(CC(N)=O)Cc1ccccc1/C=C/C(=O)O. The van der Waals surface area contributed by atoms with E-state index in [9.17, 15) is 9.59 Å². The van der Waals surface area contributed by atoms with Gasteiger partial charge in [0.05, 0.1) is 6.54 Å². The van der Waals surface area contributed by atoms with E-state index in [2.05, 4.69) is 0 Å². The van der Waals surface area contributed by atoms with Crippen LogP contribution >= 0.6 is 0 Å². The molecule has 0 unspecified atom stereocenters. The predicted octanol–water partition coefficient (Wildman–Crippen LogP) is 0.702. The molecule has 96 valence electrons. The van der Waals surface area contributed by atoms with Gasteiger partial charge in [-0.1, -0.05) is 24.3 Å². The Hall–Kier alpha value is -2.14. The van der Waals surface area contributed by atoms with E-state index in [1.807, 2.05) is 24.3 Å². The van der Waals surface area contributed by atoms with Gasteiger partial charge in [0.1, 0.15) is 0 Å². The molecule has 0 bridgehead atoms. The summed E-state index contributed by atoms with van der Waals surface area (Å²) in [6.45, 7) is 0.694. The van der Waals surface area contributed by atoms with E-state index in [4.69, 9.17) is 10.8 Å². The number of aliphatic carboxylic acids is 1. The summed E-state index contributed by atoms with van der Waals surface area (Å²) in [4.78, 5) is 23.1. The number of rotatable bonds is 6. The zero-order valence-electron chi connectivity index (χ0n) is 10.2. The molecular formula is C13H16N2O3. The van der Waals surface area contributed by atoms with E-state index >= 15 is 0 Å². The van der Waals surface area contributed by atoms with Gasteiger partial charge < -0.3 is 10.8 Å². The van der Waals surface area contributed by atoms with Crippen molar-refractivity contribution in [3.63, 3.8) is 0 Å². The summed E-state index contributed by atoms with van der Waals surface area (Å²) >= 11 is 0. The molecule has 1 rings (SSSR count). The van der Waals surface area contributed by atoms with Crippen LogP contribution in [0.15, 0.2) is 30.3 Å². The quantitative estimate of drug-likeness (QED) is 0.726. The van der Waals surface area contributed by atoms with E-state index in [0.29, 0.717) is 6.54 Å². The van der Waals surface area contributed by atoms with E-state index in [0.717, 1.165) is 17.2 Å². The summed E-state index contributed by atoms with van der Waals surface area (Å²) in [6.07, 6.45) is 2.63. The Bertz CT molecular complexity index is 469. The molecule has 0 aliphatic rings. The van der Waals surface area contributed by atoms with Gasteiger partial charge in [0, 0.05) is 12.6 Å². The van der Waals surface area contributed by atoms with Crippen LogP contribution in [0.1, 0.15) is 11.1 Å². The standard InChI is InChI=1S/C13H16N2O3/c1-15(9-12(14)16)8-11-5-3-2-4-10(11)6-7-13(17)18/h2-7H,8-9H2,1H3,(H2,14,16)(H,17,18)/b7-6+. The zero-order valence-corrected chi connectivity index (χ0v) is 10.2. The zero-order chi connectivity index (χ0) is 13.5. The highest BCUT2D eigenvalue weighted by Gasteiger charge is 2.06. The van der Waals surface area contributed by atoms with Crippen molar-refractivity contribution in [3.05, 3.63) is 41.5 Å². The summed E-state index contributed by atoms with van der Waals surface area (Å²) in [6, 6.07) is 7.41. The number of carboxylic acids is 1.